The van der Waals surface area contributed by atoms with E-state index < -0.39 is 0 Å². The molecule has 2 rings (SSSR count). The van der Waals surface area contributed by atoms with Gasteiger partial charge >= 0.3 is 0 Å². The topological polar surface area (TPSA) is 92.7 Å². The summed E-state index contributed by atoms with van der Waals surface area (Å²) in [6, 6.07) is 13.7. The molecule has 2 aromatic rings. The minimum absolute atomic E-state index is 0.00553. The van der Waals surface area contributed by atoms with Crippen molar-refractivity contribution < 1.29 is 5.11 Å². The number of thioether (sulfide) groups is 1. The van der Waals surface area contributed by atoms with Crippen molar-refractivity contribution in [1.29, 1.82) is 10.5 Å². The fourth-order valence-corrected chi connectivity index (χ4v) is 2.94. The van der Waals surface area contributed by atoms with Gasteiger partial charge in [-0.1, -0.05) is 30.3 Å². The van der Waals surface area contributed by atoms with Crippen LogP contribution in [0.5, 0.6) is 0 Å². The van der Waals surface area contributed by atoms with E-state index in [0.717, 1.165) is 5.56 Å². The molecule has 23 heavy (non-hydrogen) atoms. The number of hydrogen-bond acceptors (Lipinski definition) is 6. The van der Waals surface area contributed by atoms with Gasteiger partial charge in [0.1, 0.15) is 28.5 Å². The predicted molar refractivity (Wildman–Crippen MR) is 91.1 cm³/mol. The van der Waals surface area contributed by atoms with Crippen molar-refractivity contribution in [3.8, 4) is 23.3 Å². The fourth-order valence-electron chi connectivity index (χ4n) is 2.21. The lowest BCUT2D eigenvalue weighted by Crippen LogP contribution is -2.07. The summed E-state index contributed by atoms with van der Waals surface area (Å²) in [7, 11) is 0. The number of hydrogen-bond donors (Lipinski definition) is 2. The third-order valence-electron chi connectivity index (χ3n) is 3.12. The van der Waals surface area contributed by atoms with E-state index >= 15 is 0 Å². The van der Waals surface area contributed by atoms with Gasteiger partial charge in [-0.2, -0.15) is 10.5 Å². The van der Waals surface area contributed by atoms with E-state index in [2.05, 4.69) is 22.4 Å². The monoisotopic (exact) mass is 324 g/mol. The molecule has 0 amide bonds. The van der Waals surface area contributed by atoms with E-state index in [-0.39, 0.29) is 6.61 Å². The van der Waals surface area contributed by atoms with Crippen molar-refractivity contribution in [1.82, 2.24) is 4.98 Å². The van der Waals surface area contributed by atoms with Gasteiger partial charge < -0.3 is 10.4 Å². The molecular weight excluding hydrogens is 308 g/mol. The molecule has 0 aliphatic heterocycles. The van der Waals surface area contributed by atoms with Gasteiger partial charge in [-0.15, -0.1) is 11.8 Å². The van der Waals surface area contributed by atoms with Crippen molar-refractivity contribution in [3.63, 3.8) is 0 Å². The second kappa shape index (κ2) is 8.19. The molecule has 1 heterocycles. The second-order valence-electron chi connectivity index (χ2n) is 4.58. The summed E-state index contributed by atoms with van der Waals surface area (Å²) in [6.07, 6.45) is 0. The standard InChI is InChI=1S/C17H16N4OS/c1-2-20-16-13(10-18)15(12-6-4-3-5-7-12)14(11-19)17(21-16)23-9-8-22/h3-7,22H,2,8-9H2,1H3,(H,20,21). The maximum absolute atomic E-state index is 9.61. The molecule has 2 N–H and O–H groups in total. The largest absolute Gasteiger partial charge is 0.396 e. The normalized spacial score (nSPS) is 9.91. The third-order valence-corrected chi connectivity index (χ3v) is 4.08. The summed E-state index contributed by atoms with van der Waals surface area (Å²) in [5.41, 5.74) is 2.12. The number of aromatic nitrogens is 1. The molecule has 0 spiro atoms. The van der Waals surface area contributed by atoms with Crippen LogP contribution in [0.1, 0.15) is 18.1 Å². The number of nitrogens with one attached hydrogen (secondary N) is 1. The van der Waals surface area contributed by atoms with E-state index in [4.69, 9.17) is 5.11 Å². The highest BCUT2D eigenvalue weighted by atomic mass is 32.2. The van der Waals surface area contributed by atoms with E-state index in [1.54, 1.807) is 0 Å². The SMILES string of the molecule is CCNc1nc(SCCO)c(C#N)c(-c2ccccc2)c1C#N. The zero-order valence-corrected chi connectivity index (χ0v) is 13.5. The highest BCUT2D eigenvalue weighted by molar-refractivity contribution is 7.99. The summed E-state index contributed by atoms with van der Waals surface area (Å²) in [4.78, 5) is 4.42. The summed E-state index contributed by atoms with van der Waals surface area (Å²) in [5.74, 6) is 0.904. The first-order valence-corrected chi connectivity index (χ1v) is 8.16. The van der Waals surface area contributed by atoms with Crippen LogP contribution in [-0.4, -0.2) is 29.0 Å². The number of benzene rings is 1. The Kier molecular flexibility index (Phi) is 5.99. The van der Waals surface area contributed by atoms with Gasteiger partial charge in [-0.25, -0.2) is 4.98 Å². The van der Waals surface area contributed by atoms with Crippen LogP contribution in [0.2, 0.25) is 0 Å². The molecule has 6 heteroatoms. The molecule has 5 nitrogen and oxygen atoms in total. The summed E-state index contributed by atoms with van der Waals surface area (Å²) in [5, 5.41) is 31.9. The van der Waals surface area contributed by atoms with Crippen molar-refractivity contribution in [2.45, 2.75) is 11.9 Å². The highest BCUT2D eigenvalue weighted by Gasteiger charge is 2.21. The molecule has 0 radical (unpaired) electrons. The number of pyridine rings is 1. The van der Waals surface area contributed by atoms with Crippen LogP contribution in [0.4, 0.5) is 5.82 Å². The van der Waals surface area contributed by atoms with E-state index in [0.29, 0.717) is 39.8 Å². The Labute approximate surface area is 139 Å². The maximum atomic E-state index is 9.61. The number of aliphatic hydroxyl groups is 1. The van der Waals surface area contributed by atoms with E-state index in [9.17, 15) is 10.5 Å². The molecule has 0 fully saturated rings. The van der Waals surface area contributed by atoms with Gasteiger partial charge in [0.15, 0.2) is 0 Å². The van der Waals surface area contributed by atoms with E-state index in [1.165, 1.54) is 11.8 Å². The molecule has 0 saturated heterocycles. The molecule has 116 valence electrons. The van der Waals surface area contributed by atoms with Crippen molar-refractivity contribution in [2.24, 2.45) is 0 Å². The Hall–Kier alpha value is -2.54. The van der Waals surface area contributed by atoms with Gasteiger partial charge in [0, 0.05) is 17.9 Å². The molecule has 0 unspecified atom stereocenters. The minimum Gasteiger partial charge on any atom is -0.396 e. The van der Waals surface area contributed by atoms with Crippen LogP contribution in [-0.2, 0) is 0 Å². The number of nitrogens with zero attached hydrogens (tertiary/aromatic N) is 3. The number of nitriles is 2. The molecule has 0 bridgehead atoms. The van der Waals surface area contributed by atoms with Crippen LogP contribution < -0.4 is 5.32 Å². The Morgan fingerprint density at radius 1 is 1.17 bits per heavy atom. The average molecular weight is 324 g/mol. The number of anilines is 1. The van der Waals surface area contributed by atoms with E-state index in [1.807, 2.05) is 37.3 Å². The number of rotatable bonds is 6. The maximum Gasteiger partial charge on any atom is 0.146 e. The van der Waals surface area contributed by atoms with Gasteiger partial charge in [-0.05, 0) is 12.5 Å². The summed E-state index contributed by atoms with van der Waals surface area (Å²) >= 11 is 1.31. The van der Waals surface area contributed by atoms with Crippen LogP contribution in [0.3, 0.4) is 0 Å². The van der Waals surface area contributed by atoms with Gasteiger partial charge in [0.2, 0.25) is 0 Å². The van der Waals surface area contributed by atoms with Gasteiger partial charge in [0.05, 0.1) is 12.2 Å². The summed E-state index contributed by atoms with van der Waals surface area (Å²) in [6.45, 7) is 2.53. The van der Waals surface area contributed by atoms with Crippen LogP contribution in [0.15, 0.2) is 35.4 Å². The first kappa shape index (κ1) is 16.8. The van der Waals surface area contributed by atoms with Crippen molar-refractivity contribution >= 4 is 17.6 Å². The van der Waals surface area contributed by atoms with Crippen LogP contribution in [0.25, 0.3) is 11.1 Å². The molecule has 1 aromatic heterocycles. The Bertz CT molecular complexity index is 763. The molecule has 0 aliphatic rings. The van der Waals surface area contributed by atoms with Crippen LogP contribution in [0, 0.1) is 22.7 Å². The lowest BCUT2D eigenvalue weighted by molar-refractivity contribution is 0.322. The summed E-state index contributed by atoms with van der Waals surface area (Å²) < 4.78 is 0. The average Bonchev–Trinajstić information content (AvgIpc) is 2.60. The fraction of sp³-hybridized carbons (Fsp3) is 0.235. The lowest BCUT2D eigenvalue weighted by Gasteiger charge is -2.15. The Morgan fingerprint density at radius 3 is 2.43 bits per heavy atom. The minimum atomic E-state index is -0.00553. The van der Waals surface area contributed by atoms with Gasteiger partial charge in [0.25, 0.3) is 0 Å². The molecule has 1 aromatic carbocycles. The second-order valence-corrected chi connectivity index (χ2v) is 5.67. The first-order chi connectivity index (χ1) is 11.3. The third kappa shape index (κ3) is 3.62. The van der Waals surface area contributed by atoms with Crippen molar-refractivity contribution in [3.05, 3.63) is 41.5 Å². The Balaban J connectivity index is 2.76. The quantitative estimate of drug-likeness (QED) is 0.794. The highest BCUT2D eigenvalue weighted by Crippen LogP contribution is 2.36. The molecular formula is C17H16N4OS. The van der Waals surface area contributed by atoms with Gasteiger partial charge in [-0.3, -0.25) is 0 Å². The van der Waals surface area contributed by atoms with Crippen molar-refractivity contribution in [2.75, 3.05) is 24.2 Å². The lowest BCUT2D eigenvalue weighted by atomic mass is 9.97. The first-order valence-electron chi connectivity index (χ1n) is 7.17. The molecule has 0 saturated carbocycles. The molecule has 0 aliphatic carbocycles. The molecule has 0 atom stereocenters. The smallest absolute Gasteiger partial charge is 0.146 e. The van der Waals surface area contributed by atoms with Crippen LogP contribution >= 0.6 is 11.8 Å². The number of aliphatic hydroxyl groups excluding tert-OH is 1. The zero-order chi connectivity index (χ0) is 16.7. The predicted octanol–water partition coefficient (Wildman–Crippen LogP) is 3.01. The zero-order valence-electron chi connectivity index (χ0n) is 12.7. The Morgan fingerprint density at radius 2 is 1.87 bits per heavy atom.